The van der Waals surface area contributed by atoms with Crippen molar-refractivity contribution in [3.05, 3.63) is 47.5 Å². The maximum absolute atomic E-state index is 12.4. The molecule has 0 aliphatic carbocycles. The van der Waals surface area contributed by atoms with Crippen LogP contribution in [0.5, 0.6) is 0 Å². The van der Waals surface area contributed by atoms with Crippen LogP contribution in [-0.4, -0.2) is 32.2 Å². The van der Waals surface area contributed by atoms with Crippen LogP contribution in [-0.2, 0) is 14.8 Å². The van der Waals surface area contributed by atoms with Crippen molar-refractivity contribution in [1.82, 2.24) is 9.71 Å². The summed E-state index contributed by atoms with van der Waals surface area (Å²) in [4.78, 5) is 21.1. The van der Waals surface area contributed by atoms with Gasteiger partial charge in [-0.3, -0.25) is 9.79 Å². The molecule has 2 heterocycles. The number of nitrogens with one attached hydrogen (secondary N) is 3. The Balaban J connectivity index is 1.60. The van der Waals surface area contributed by atoms with E-state index >= 15 is 0 Å². The first-order valence-electron chi connectivity index (χ1n) is 8.14. The molecule has 1 unspecified atom stereocenters. The summed E-state index contributed by atoms with van der Waals surface area (Å²) >= 11 is 1.47. The van der Waals surface area contributed by atoms with Gasteiger partial charge in [0.25, 0.3) is 0 Å². The molecule has 3 aromatic rings. The summed E-state index contributed by atoms with van der Waals surface area (Å²) in [7, 11) is -3.72. The average molecular weight is 414 g/mol. The Labute approximate surface area is 164 Å². The molecule has 4 rings (SSSR count). The van der Waals surface area contributed by atoms with Crippen molar-refractivity contribution in [2.75, 3.05) is 12.0 Å². The van der Waals surface area contributed by atoms with E-state index in [0.717, 1.165) is 21.5 Å². The monoisotopic (exact) mass is 414 g/mol. The van der Waals surface area contributed by atoms with E-state index < -0.39 is 15.9 Å². The van der Waals surface area contributed by atoms with Crippen LogP contribution in [0, 0.1) is 5.53 Å². The van der Waals surface area contributed by atoms with Crippen molar-refractivity contribution in [1.29, 1.82) is 5.53 Å². The molecule has 9 nitrogen and oxygen atoms in total. The third kappa shape index (κ3) is 3.30. The number of aliphatic imine (C=N–C) groups is 1. The predicted octanol–water partition coefficient (Wildman–Crippen LogP) is 3.00. The van der Waals surface area contributed by atoms with Crippen molar-refractivity contribution >= 4 is 55.1 Å². The lowest BCUT2D eigenvalue weighted by Crippen LogP contribution is -2.23. The highest BCUT2D eigenvalue weighted by atomic mass is 32.2. The molecule has 142 valence electrons. The van der Waals surface area contributed by atoms with E-state index in [1.807, 2.05) is 12.1 Å². The van der Waals surface area contributed by atoms with Crippen LogP contribution in [0.2, 0.25) is 0 Å². The van der Waals surface area contributed by atoms with E-state index in [1.54, 1.807) is 23.9 Å². The number of hydrogen-bond donors (Lipinski definition) is 3. The molecule has 0 radical (unpaired) electrons. The topological polar surface area (TPSA) is 137 Å². The van der Waals surface area contributed by atoms with Crippen LogP contribution in [0.4, 0.5) is 11.4 Å². The normalized spacial score (nSPS) is 16.4. The fourth-order valence-electron chi connectivity index (χ4n) is 2.92. The Kier molecular flexibility index (Phi) is 4.71. The number of nitrogens with zero attached hydrogens (tertiary/aromatic N) is 3. The standard InChI is InChI=1S/C17H14N6O3S2/c18-21-8-22-28(25,26)11-3-1-10(2-4-11)19-7-12-15-13(23-17(12)24)5-6-14-16(15)27-9-20-14/h1-7,9,12,18,22H,8H2,(H,23,24). The molecule has 2 aromatic carbocycles. The predicted molar refractivity (Wildman–Crippen MR) is 106 cm³/mol. The minimum atomic E-state index is -3.72. The lowest BCUT2D eigenvalue weighted by atomic mass is 10.0. The van der Waals surface area contributed by atoms with Crippen LogP contribution < -0.4 is 10.0 Å². The minimum Gasteiger partial charge on any atom is -0.325 e. The van der Waals surface area contributed by atoms with Crippen LogP contribution in [0.15, 0.2) is 56.9 Å². The third-order valence-electron chi connectivity index (χ3n) is 4.24. The van der Waals surface area contributed by atoms with Crippen molar-refractivity contribution < 1.29 is 13.2 Å². The number of thiazole rings is 1. The zero-order chi connectivity index (χ0) is 19.7. The number of anilines is 1. The maximum Gasteiger partial charge on any atom is 0.242 e. The smallest absolute Gasteiger partial charge is 0.242 e. The van der Waals surface area contributed by atoms with Gasteiger partial charge < -0.3 is 5.32 Å². The number of benzene rings is 2. The van der Waals surface area contributed by atoms with Gasteiger partial charge in [-0.25, -0.2) is 18.9 Å². The molecule has 0 fully saturated rings. The Hall–Kier alpha value is -3.02. The Morgan fingerprint density at radius 3 is 2.79 bits per heavy atom. The van der Waals surface area contributed by atoms with E-state index in [-0.39, 0.29) is 17.5 Å². The lowest BCUT2D eigenvalue weighted by Gasteiger charge is -2.05. The highest BCUT2D eigenvalue weighted by Crippen LogP contribution is 2.39. The Bertz CT molecular complexity index is 1200. The van der Waals surface area contributed by atoms with Crippen molar-refractivity contribution in [2.45, 2.75) is 10.8 Å². The largest absolute Gasteiger partial charge is 0.325 e. The van der Waals surface area contributed by atoms with Gasteiger partial charge >= 0.3 is 0 Å². The lowest BCUT2D eigenvalue weighted by molar-refractivity contribution is -0.115. The van der Waals surface area contributed by atoms with Gasteiger partial charge in [0.1, 0.15) is 12.6 Å². The molecule has 1 atom stereocenters. The molecule has 1 amide bonds. The zero-order valence-corrected chi connectivity index (χ0v) is 15.9. The van der Waals surface area contributed by atoms with Crippen LogP contribution in [0.1, 0.15) is 11.5 Å². The molecule has 1 aliphatic heterocycles. The summed E-state index contributed by atoms with van der Waals surface area (Å²) in [6.45, 7) is -0.315. The molecule has 0 bridgehead atoms. The van der Waals surface area contributed by atoms with Gasteiger partial charge in [-0.2, -0.15) is 9.84 Å². The SMILES string of the molecule is N=NCNS(=O)(=O)c1ccc(N=CC2C(=O)Nc3ccc4ncsc4c32)cc1. The highest BCUT2D eigenvalue weighted by molar-refractivity contribution is 7.89. The van der Waals surface area contributed by atoms with Crippen molar-refractivity contribution in [3.8, 4) is 0 Å². The second-order valence-electron chi connectivity index (χ2n) is 5.93. The number of aromatic nitrogens is 1. The first-order valence-corrected chi connectivity index (χ1v) is 10.5. The van der Waals surface area contributed by atoms with Crippen LogP contribution >= 0.6 is 11.3 Å². The molecule has 1 aromatic heterocycles. The molecule has 0 saturated carbocycles. The molecule has 28 heavy (non-hydrogen) atoms. The van der Waals surface area contributed by atoms with Crippen LogP contribution in [0.3, 0.4) is 0 Å². The van der Waals surface area contributed by atoms with E-state index in [9.17, 15) is 13.2 Å². The van der Waals surface area contributed by atoms with Gasteiger partial charge in [0, 0.05) is 17.5 Å². The zero-order valence-electron chi connectivity index (χ0n) is 14.3. The number of amides is 1. The first kappa shape index (κ1) is 18.3. The first-order chi connectivity index (χ1) is 13.5. The quantitative estimate of drug-likeness (QED) is 0.422. The number of carbonyl (C=O) groups excluding carboxylic acids is 1. The number of rotatable bonds is 6. The van der Waals surface area contributed by atoms with Gasteiger partial charge in [0.05, 0.1) is 26.3 Å². The molecular formula is C17H14N6O3S2. The van der Waals surface area contributed by atoms with Gasteiger partial charge in [-0.05, 0) is 36.4 Å². The summed E-state index contributed by atoms with van der Waals surface area (Å²) in [6.07, 6.45) is 1.56. The molecule has 0 saturated heterocycles. The summed E-state index contributed by atoms with van der Waals surface area (Å²) in [5, 5.41) is 5.83. The number of fused-ring (bicyclic) bond motifs is 3. The Morgan fingerprint density at radius 2 is 2.04 bits per heavy atom. The van der Waals surface area contributed by atoms with E-state index in [2.05, 4.69) is 25.1 Å². The molecule has 1 aliphatic rings. The van der Waals surface area contributed by atoms with E-state index in [0.29, 0.717) is 5.69 Å². The summed E-state index contributed by atoms with van der Waals surface area (Å²) < 4.78 is 27.1. The van der Waals surface area contributed by atoms with E-state index in [4.69, 9.17) is 5.53 Å². The number of sulfonamides is 1. The molecule has 11 heteroatoms. The van der Waals surface area contributed by atoms with Gasteiger partial charge in [0.15, 0.2) is 0 Å². The molecule has 3 N–H and O–H groups in total. The second-order valence-corrected chi connectivity index (χ2v) is 8.55. The summed E-state index contributed by atoms with van der Waals surface area (Å²) in [6, 6.07) is 9.60. The van der Waals surface area contributed by atoms with Gasteiger partial charge in [0.2, 0.25) is 15.9 Å². The summed E-state index contributed by atoms with van der Waals surface area (Å²) in [5.41, 5.74) is 11.4. The Morgan fingerprint density at radius 1 is 1.25 bits per heavy atom. The van der Waals surface area contributed by atoms with E-state index in [1.165, 1.54) is 23.5 Å². The summed E-state index contributed by atoms with van der Waals surface area (Å²) in [5.74, 6) is -0.704. The highest BCUT2D eigenvalue weighted by Gasteiger charge is 2.31. The van der Waals surface area contributed by atoms with Crippen molar-refractivity contribution in [2.24, 2.45) is 10.1 Å². The maximum atomic E-state index is 12.4. The second kappa shape index (κ2) is 7.19. The fourth-order valence-corrected chi connectivity index (χ4v) is 4.70. The van der Waals surface area contributed by atoms with Crippen LogP contribution in [0.25, 0.3) is 10.2 Å². The fraction of sp³-hybridized carbons (Fsp3) is 0.118. The number of hydrogen-bond acceptors (Lipinski definition) is 8. The van der Waals surface area contributed by atoms with Gasteiger partial charge in [-0.1, -0.05) is 0 Å². The molecule has 0 spiro atoms. The van der Waals surface area contributed by atoms with Gasteiger partial charge in [-0.15, -0.1) is 11.3 Å². The van der Waals surface area contributed by atoms with Crippen molar-refractivity contribution in [3.63, 3.8) is 0 Å². The molecular weight excluding hydrogens is 400 g/mol. The minimum absolute atomic E-state index is 0.0467. The third-order valence-corrected chi connectivity index (χ3v) is 6.52. The average Bonchev–Trinajstić information content (AvgIpc) is 3.28. The number of carbonyl (C=O) groups is 1.